The third-order valence-corrected chi connectivity index (χ3v) is 4.72. The molecule has 0 amide bonds. The number of nitrogens with zero attached hydrogens (tertiary/aromatic N) is 2. The minimum absolute atomic E-state index is 0.730. The number of fused-ring (bicyclic) bond motifs is 3. The Labute approximate surface area is 127 Å². The number of unbranched alkanes of at least 4 members (excludes halogenated alkanes) is 3. The van der Waals surface area contributed by atoms with E-state index in [4.69, 9.17) is 4.99 Å². The van der Waals surface area contributed by atoms with Gasteiger partial charge in [-0.2, -0.15) is 0 Å². The Balaban J connectivity index is 1.85. The van der Waals surface area contributed by atoms with Gasteiger partial charge in [0.2, 0.25) is 0 Å². The maximum absolute atomic E-state index is 11.3. The Morgan fingerprint density at radius 2 is 2.10 bits per heavy atom. The zero-order valence-electron chi connectivity index (χ0n) is 13.0. The van der Waals surface area contributed by atoms with E-state index in [0.29, 0.717) is 0 Å². The maximum Gasteiger partial charge on any atom is 0.143 e. The SMILES string of the molecule is CCCCCCC1(O)Cc2ccccc2C2=NCCCN21. The van der Waals surface area contributed by atoms with Crippen molar-refractivity contribution in [2.75, 3.05) is 13.1 Å². The molecule has 1 aromatic carbocycles. The first-order valence-corrected chi connectivity index (χ1v) is 8.37. The summed E-state index contributed by atoms with van der Waals surface area (Å²) in [6, 6.07) is 8.42. The molecule has 114 valence electrons. The van der Waals surface area contributed by atoms with Gasteiger partial charge >= 0.3 is 0 Å². The topological polar surface area (TPSA) is 35.8 Å². The highest BCUT2D eigenvalue weighted by Gasteiger charge is 2.42. The summed E-state index contributed by atoms with van der Waals surface area (Å²) in [7, 11) is 0. The van der Waals surface area contributed by atoms with E-state index in [1.807, 2.05) is 0 Å². The van der Waals surface area contributed by atoms with Gasteiger partial charge in [0.05, 0.1) is 0 Å². The van der Waals surface area contributed by atoms with Crippen LogP contribution in [-0.2, 0) is 6.42 Å². The monoisotopic (exact) mass is 286 g/mol. The minimum Gasteiger partial charge on any atom is -0.370 e. The van der Waals surface area contributed by atoms with E-state index in [-0.39, 0.29) is 0 Å². The van der Waals surface area contributed by atoms with Crippen molar-refractivity contribution in [3.63, 3.8) is 0 Å². The van der Waals surface area contributed by atoms with Crippen LogP contribution in [0, 0.1) is 0 Å². The van der Waals surface area contributed by atoms with Crippen molar-refractivity contribution in [3.8, 4) is 0 Å². The van der Waals surface area contributed by atoms with Crippen LogP contribution in [0.3, 0.4) is 0 Å². The lowest BCUT2D eigenvalue weighted by Gasteiger charge is -2.47. The van der Waals surface area contributed by atoms with Gasteiger partial charge in [0.25, 0.3) is 0 Å². The Hall–Kier alpha value is -1.35. The van der Waals surface area contributed by atoms with Crippen LogP contribution in [0.4, 0.5) is 0 Å². The lowest BCUT2D eigenvalue weighted by atomic mass is 9.86. The number of amidine groups is 1. The van der Waals surface area contributed by atoms with E-state index in [1.165, 1.54) is 30.4 Å². The zero-order chi connectivity index (χ0) is 14.7. The lowest BCUT2D eigenvalue weighted by molar-refractivity contribution is -0.0828. The first-order valence-electron chi connectivity index (χ1n) is 8.37. The van der Waals surface area contributed by atoms with E-state index < -0.39 is 5.72 Å². The highest BCUT2D eigenvalue weighted by molar-refractivity contribution is 6.01. The molecule has 1 atom stereocenters. The smallest absolute Gasteiger partial charge is 0.143 e. The van der Waals surface area contributed by atoms with Crippen molar-refractivity contribution in [1.29, 1.82) is 0 Å². The van der Waals surface area contributed by atoms with E-state index in [0.717, 1.165) is 44.6 Å². The van der Waals surface area contributed by atoms with Crippen molar-refractivity contribution in [2.24, 2.45) is 4.99 Å². The average Bonchev–Trinajstić information content (AvgIpc) is 2.52. The van der Waals surface area contributed by atoms with Crippen LogP contribution in [0.2, 0.25) is 0 Å². The van der Waals surface area contributed by atoms with Crippen molar-refractivity contribution in [2.45, 2.75) is 57.6 Å². The molecule has 0 aromatic heterocycles. The van der Waals surface area contributed by atoms with Crippen LogP contribution >= 0.6 is 0 Å². The van der Waals surface area contributed by atoms with Gasteiger partial charge in [-0.15, -0.1) is 0 Å². The summed E-state index contributed by atoms with van der Waals surface area (Å²) in [5.74, 6) is 1.01. The zero-order valence-corrected chi connectivity index (χ0v) is 13.0. The van der Waals surface area contributed by atoms with Gasteiger partial charge in [0.15, 0.2) is 0 Å². The Kier molecular flexibility index (Phi) is 4.29. The normalized spacial score (nSPS) is 24.3. The highest BCUT2D eigenvalue weighted by Crippen LogP contribution is 2.34. The van der Waals surface area contributed by atoms with E-state index in [9.17, 15) is 5.11 Å². The van der Waals surface area contributed by atoms with Gasteiger partial charge in [0, 0.05) is 25.1 Å². The summed E-state index contributed by atoms with van der Waals surface area (Å²) in [6.45, 7) is 4.03. The molecular formula is C18H26N2O. The maximum atomic E-state index is 11.3. The van der Waals surface area contributed by atoms with Crippen molar-refractivity contribution >= 4 is 5.84 Å². The molecule has 3 nitrogen and oxygen atoms in total. The number of aliphatic hydroxyl groups is 1. The van der Waals surface area contributed by atoms with Crippen LogP contribution in [0.1, 0.15) is 56.6 Å². The second-order valence-electron chi connectivity index (χ2n) is 6.34. The Morgan fingerprint density at radius 3 is 2.95 bits per heavy atom. The molecule has 1 unspecified atom stereocenters. The highest BCUT2D eigenvalue weighted by atomic mass is 16.3. The molecule has 0 radical (unpaired) electrons. The van der Waals surface area contributed by atoms with Crippen LogP contribution in [0.25, 0.3) is 0 Å². The molecule has 3 rings (SSSR count). The van der Waals surface area contributed by atoms with Crippen LogP contribution in [0.5, 0.6) is 0 Å². The molecular weight excluding hydrogens is 260 g/mol. The van der Waals surface area contributed by atoms with Gasteiger partial charge < -0.3 is 10.0 Å². The van der Waals surface area contributed by atoms with E-state index in [1.54, 1.807) is 0 Å². The fraction of sp³-hybridized carbons (Fsp3) is 0.611. The summed E-state index contributed by atoms with van der Waals surface area (Å²) >= 11 is 0. The number of hydrogen-bond donors (Lipinski definition) is 1. The van der Waals surface area contributed by atoms with Gasteiger partial charge in [-0.3, -0.25) is 4.99 Å². The lowest BCUT2D eigenvalue weighted by Crippen LogP contribution is -2.58. The van der Waals surface area contributed by atoms with Gasteiger partial charge in [-0.1, -0.05) is 50.5 Å². The van der Waals surface area contributed by atoms with Gasteiger partial charge in [0.1, 0.15) is 11.6 Å². The summed E-state index contributed by atoms with van der Waals surface area (Å²) in [4.78, 5) is 6.89. The van der Waals surface area contributed by atoms with Gasteiger partial charge in [-0.05, 0) is 24.8 Å². The van der Waals surface area contributed by atoms with Crippen LogP contribution in [-0.4, -0.2) is 34.7 Å². The molecule has 0 saturated heterocycles. The number of hydrogen-bond acceptors (Lipinski definition) is 3. The summed E-state index contributed by atoms with van der Waals surface area (Å²) in [5.41, 5.74) is 1.73. The van der Waals surface area contributed by atoms with Crippen molar-refractivity contribution in [3.05, 3.63) is 35.4 Å². The van der Waals surface area contributed by atoms with Crippen molar-refractivity contribution < 1.29 is 5.11 Å². The van der Waals surface area contributed by atoms with Crippen LogP contribution in [0.15, 0.2) is 29.3 Å². The molecule has 3 heteroatoms. The number of benzene rings is 1. The fourth-order valence-electron chi connectivity index (χ4n) is 3.59. The summed E-state index contributed by atoms with van der Waals surface area (Å²) in [6.07, 6.45) is 7.42. The predicted octanol–water partition coefficient (Wildman–Crippen LogP) is 3.35. The summed E-state index contributed by atoms with van der Waals surface area (Å²) in [5, 5.41) is 11.3. The first kappa shape index (κ1) is 14.6. The third-order valence-electron chi connectivity index (χ3n) is 4.72. The average molecular weight is 286 g/mol. The first-order chi connectivity index (χ1) is 10.2. The predicted molar refractivity (Wildman–Crippen MR) is 86.6 cm³/mol. The molecule has 1 aromatic rings. The summed E-state index contributed by atoms with van der Waals surface area (Å²) < 4.78 is 0. The quantitative estimate of drug-likeness (QED) is 0.843. The minimum atomic E-state index is -0.735. The second-order valence-corrected chi connectivity index (χ2v) is 6.34. The third kappa shape index (κ3) is 2.84. The molecule has 0 aliphatic carbocycles. The molecule has 2 heterocycles. The number of rotatable bonds is 5. The molecule has 21 heavy (non-hydrogen) atoms. The van der Waals surface area contributed by atoms with E-state index >= 15 is 0 Å². The fourth-order valence-corrected chi connectivity index (χ4v) is 3.59. The molecule has 2 aliphatic rings. The standard InChI is InChI=1S/C18H26N2O/c1-2-3-4-7-11-18(21)14-15-9-5-6-10-16(15)17-19-12-8-13-20(17)18/h5-6,9-10,21H,2-4,7-8,11-14H2,1H3. The second kappa shape index (κ2) is 6.18. The Morgan fingerprint density at radius 1 is 1.24 bits per heavy atom. The molecule has 0 fully saturated rings. The van der Waals surface area contributed by atoms with Gasteiger partial charge in [-0.25, -0.2) is 0 Å². The number of aliphatic imine (C=N–C) groups is 1. The molecule has 0 spiro atoms. The molecule has 0 saturated carbocycles. The van der Waals surface area contributed by atoms with Crippen LogP contribution < -0.4 is 0 Å². The Bertz CT molecular complexity index is 526. The molecule has 0 bridgehead atoms. The largest absolute Gasteiger partial charge is 0.370 e. The molecule has 1 N–H and O–H groups in total. The van der Waals surface area contributed by atoms with Crippen molar-refractivity contribution in [1.82, 2.24) is 4.90 Å². The van der Waals surface area contributed by atoms with E-state index in [2.05, 4.69) is 36.1 Å². The molecule has 2 aliphatic heterocycles.